The highest BCUT2D eigenvalue weighted by Crippen LogP contribution is 2.35. The second kappa shape index (κ2) is 9.16. The molecule has 0 saturated heterocycles. The lowest BCUT2D eigenvalue weighted by molar-refractivity contribution is 0.174. The van der Waals surface area contributed by atoms with Gasteiger partial charge in [-0.1, -0.05) is 18.2 Å². The predicted octanol–water partition coefficient (Wildman–Crippen LogP) is 5.84. The van der Waals surface area contributed by atoms with E-state index in [9.17, 15) is 4.79 Å². The van der Waals surface area contributed by atoms with Crippen LogP contribution in [-0.2, 0) is 0 Å². The van der Waals surface area contributed by atoms with Gasteiger partial charge in [0, 0.05) is 28.7 Å². The quantitative estimate of drug-likeness (QED) is 0.259. The van der Waals surface area contributed by atoms with Crippen LogP contribution in [0.3, 0.4) is 0 Å². The SMILES string of the molecule is COc1cccc2oc(-c3nc4ccccc4c(=O)n3N=Cc3cc(C)n(-c4ccc5c(c4)OCO5)c3C)cc12. The number of ether oxygens (including phenoxy) is 3. The van der Waals surface area contributed by atoms with Gasteiger partial charge in [0.1, 0.15) is 11.3 Å². The zero-order chi connectivity index (χ0) is 27.4. The van der Waals surface area contributed by atoms with Gasteiger partial charge in [0.15, 0.2) is 17.3 Å². The van der Waals surface area contributed by atoms with Crippen molar-refractivity contribution in [3.05, 3.63) is 100 Å². The molecule has 0 radical (unpaired) electrons. The van der Waals surface area contributed by atoms with Crippen molar-refractivity contribution in [2.24, 2.45) is 5.10 Å². The Labute approximate surface area is 228 Å². The molecule has 1 aliphatic heterocycles. The Hall–Kier alpha value is -5.31. The van der Waals surface area contributed by atoms with Crippen molar-refractivity contribution < 1.29 is 18.6 Å². The number of furan rings is 1. The molecule has 3 aromatic heterocycles. The fourth-order valence-electron chi connectivity index (χ4n) is 5.17. The van der Waals surface area contributed by atoms with E-state index in [4.69, 9.17) is 23.6 Å². The minimum Gasteiger partial charge on any atom is -0.496 e. The van der Waals surface area contributed by atoms with Gasteiger partial charge in [-0.25, -0.2) is 4.98 Å². The van der Waals surface area contributed by atoms with Gasteiger partial charge in [-0.2, -0.15) is 9.78 Å². The Morgan fingerprint density at radius 2 is 1.80 bits per heavy atom. The van der Waals surface area contributed by atoms with E-state index in [0.29, 0.717) is 39.6 Å². The second-order valence-electron chi connectivity index (χ2n) is 9.50. The van der Waals surface area contributed by atoms with E-state index in [1.807, 2.05) is 74.5 Å². The van der Waals surface area contributed by atoms with Crippen LogP contribution in [0.25, 0.3) is 39.1 Å². The molecule has 40 heavy (non-hydrogen) atoms. The van der Waals surface area contributed by atoms with E-state index >= 15 is 0 Å². The summed E-state index contributed by atoms with van der Waals surface area (Å²) in [6, 6.07) is 22.4. The van der Waals surface area contributed by atoms with Crippen LogP contribution >= 0.6 is 0 Å². The highest BCUT2D eigenvalue weighted by Gasteiger charge is 2.19. The summed E-state index contributed by atoms with van der Waals surface area (Å²) in [5.74, 6) is 2.81. The Kier molecular flexibility index (Phi) is 5.45. The van der Waals surface area contributed by atoms with Crippen LogP contribution in [-0.4, -0.2) is 34.3 Å². The molecule has 9 heteroatoms. The molecule has 3 aromatic carbocycles. The maximum absolute atomic E-state index is 13.7. The summed E-state index contributed by atoms with van der Waals surface area (Å²) in [5.41, 5.74) is 4.65. The van der Waals surface area contributed by atoms with Crippen molar-refractivity contribution >= 4 is 28.1 Å². The van der Waals surface area contributed by atoms with Gasteiger partial charge in [0.25, 0.3) is 5.56 Å². The van der Waals surface area contributed by atoms with E-state index in [1.165, 1.54) is 4.68 Å². The largest absolute Gasteiger partial charge is 0.496 e. The lowest BCUT2D eigenvalue weighted by Gasteiger charge is -2.10. The van der Waals surface area contributed by atoms with Crippen molar-refractivity contribution in [3.63, 3.8) is 0 Å². The molecule has 0 bridgehead atoms. The molecule has 0 spiro atoms. The van der Waals surface area contributed by atoms with Crippen molar-refractivity contribution in [2.75, 3.05) is 13.9 Å². The summed E-state index contributed by atoms with van der Waals surface area (Å²) in [7, 11) is 1.61. The number of fused-ring (bicyclic) bond motifs is 3. The third kappa shape index (κ3) is 3.74. The average Bonchev–Trinajstić information content (AvgIpc) is 3.69. The molecule has 0 fully saturated rings. The molecule has 0 amide bonds. The van der Waals surface area contributed by atoms with Gasteiger partial charge in [-0.15, -0.1) is 0 Å². The fourth-order valence-corrected chi connectivity index (χ4v) is 5.17. The monoisotopic (exact) mass is 532 g/mol. The molecule has 6 aromatic rings. The third-order valence-electron chi connectivity index (χ3n) is 7.11. The highest BCUT2D eigenvalue weighted by atomic mass is 16.7. The van der Waals surface area contributed by atoms with Crippen LogP contribution in [0.1, 0.15) is 17.0 Å². The number of hydrogen-bond acceptors (Lipinski definition) is 7. The van der Waals surface area contributed by atoms with Gasteiger partial charge in [0.05, 0.1) is 29.6 Å². The van der Waals surface area contributed by atoms with Crippen LogP contribution in [0.4, 0.5) is 0 Å². The minimum atomic E-state index is -0.297. The van der Waals surface area contributed by atoms with Crippen molar-refractivity contribution in [1.29, 1.82) is 0 Å². The summed E-state index contributed by atoms with van der Waals surface area (Å²) in [5, 5.41) is 5.89. The molecule has 0 atom stereocenters. The molecule has 0 saturated carbocycles. The standard InChI is InChI=1S/C31H24N4O5/c1-18-13-20(19(2)34(18)21-11-12-27-28(14-21)39-17-38-27)16-32-35-30(33-24-8-5-4-7-22(24)31(35)36)29-15-23-25(37-3)9-6-10-26(23)40-29/h4-16H,17H2,1-3H3. The van der Waals surface area contributed by atoms with E-state index < -0.39 is 0 Å². The number of para-hydroxylation sites is 1. The first-order valence-electron chi connectivity index (χ1n) is 12.7. The number of hydrogen-bond donors (Lipinski definition) is 0. The number of nitrogens with zero attached hydrogens (tertiary/aromatic N) is 4. The van der Waals surface area contributed by atoms with E-state index in [0.717, 1.165) is 33.8 Å². The number of aryl methyl sites for hydroxylation is 1. The molecule has 4 heterocycles. The van der Waals surface area contributed by atoms with Crippen molar-refractivity contribution in [1.82, 2.24) is 14.2 Å². The topological polar surface area (TPSA) is 93.0 Å². The Morgan fingerprint density at radius 3 is 2.67 bits per heavy atom. The normalized spacial score (nSPS) is 12.7. The number of aromatic nitrogens is 3. The van der Waals surface area contributed by atoms with E-state index in [-0.39, 0.29) is 12.4 Å². The Morgan fingerprint density at radius 1 is 0.950 bits per heavy atom. The number of methoxy groups -OCH3 is 1. The van der Waals surface area contributed by atoms with Gasteiger partial charge in [-0.3, -0.25) is 4.79 Å². The second-order valence-corrected chi connectivity index (χ2v) is 9.50. The molecule has 0 aliphatic carbocycles. The maximum Gasteiger partial charge on any atom is 0.282 e. The van der Waals surface area contributed by atoms with Gasteiger partial charge >= 0.3 is 0 Å². The molecule has 0 N–H and O–H groups in total. The zero-order valence-corrected chi connectivity index (χ0v) is 22.0. The molecule has 9 nitrogen and oxygen atoms in total. The first-order chi connectivity index (χ1) is 19.5. The van der Waals surface area contributed by atoms with Crippen LogP contribution in [0.2, 0.25) is 0 Å². The minimum absolute atomic E-state index is 0.217. The van der Waals surface area contributed by atoms with E-state index in [2.05, 4.69) is 9.67 Å². The van der Waals surface area contributed by atoms with Crippen molar-refractivity contribution in [2.45, 2.75) is 13.8 Å². The summed E-state index contributed by atoms with van der Waals surface area (Å²) in [6.45, 7) is 4.24. The lowest BCUT2D eigenvalue weighted by atomic mass is 10.2. The summed E-state index contributed by atoms with van der Waals surface area (Å²) in [4.78, 5) is 18.5. The molecule has 7 rings (SSSR count). The smallest absolute Gasteiger partial charge is 0.282 e. The number of benzene rings is 3. The van der Waals surface area contributed by atoms with Gasteiger partial charge in [-0.05, 0) is 62.4 Å². The first kappa shape index (κ1) is 23.8. The molecule has 1 aliphatic rings. The van der Waals surface area contributed by atoms with Crippen LogP contribution < -0.4 is 19.8 Å². The zero-order valence-electron chi connectivity index (χ0n) is 22.0. The van der Waals surface area contributed by atoms with E-state index in [1.54, 1.807) is 25.5 Å². The molecular weight excluding hydrogens is 508 g/mol. The summed E-state index contributed by atoms with van der Waals surface area (Å²) < 4.78 is 26.1. The lowest BCUT2D eigenvalue weighted by Crippen LogP contribution is -2.20. The van der Waals surface area contributed by atoms with Gasteiger partial charge < -0.3 is 23.2 Å². The van der Waals surface area contributed by atoms with Crippen LogP contribution in [0.5, 0.6) is 17.2 Å². The maximum atomic E-state index is 13.7. The molecular formula is C31H24N4O5. The fraction of sp³-hybridized carbons (Fsp3) is 0.129. The summed E-state index contributed by atoms with van der Waals surface area (Å²) in [6.07, 6.45) is 1.68. The Balaban J connectivity index is 1.36. The predicted molar refractivity (Wildman–Crippen MR) is 152 cm³/mol. The Bertz CT molecular complexity index is 2030. The first-order valence-corrected chi connectivity index (χ1v) is 12.7. The third-order valence-corrected chi connectivity index (χ3v) is 7.11. The van der Waals surface area contributed by atoms with Crippen LogP contribution in [0.15, 0.2) is 87.1 Å². The molecule has 0 unspecified atom stereocenters. The summed E-state index contributed by atoms with van der Waals surface area (Å²) >= 11 is 0. The molecule has 198 valence electrons. The number of rotatable bonds is 5. The van der Waals surface area contributed by atoms with Crippen molar-refractivity contribution in [3.8, 4) is 34.5 Å². The van der Waals surface area contributed by atoms with Gasteiger partial charge in [0.2, 0.25) is 12.6 Å². The average molecular weight is 533 g/mol. The van der Waals surface area contributed by atoms with Crippen LogP contribution in [0, 0.1) is 13.8 Å². The highest BCUT2D eigenvalue weighted by molar-refractivity contribution is 5.89.